The van der Waals surface area contributed by atoms with Gasteiger partial charge in [-0.25, -0.2) is 8.78 Å². The molecule has 0 saturated carbocycles. The molecule has 2 N–H and O–H groups in total. The molecule has 2 nitrogen and oxygen atoms in total. The highest BCUT2D eigenvalue weighted by molar-refractivity contribution is 5.49. The van der Waals surface area contributed by atoms with Gasteiger partial charge in [0, 0.05) is 5.69 Å². The van der Waals surface area contributed by atoms with E-state index in [0.29, 0.717) is 11.3 Å². The van der Waals surface area contributed by atoms with Crippen LogP contribution >= 0.6 is 0 Å². The highest BCUT2D eigenvalue weighted by Crippen LogP contribution is 2.24. The Balaban J connectivity index is 2.31. The van der Waals surface area contributed by atoms with Crippen LogP contribution in [0, 0.1) is 25.5 Å². The van der Waals surface area contributed by atoms with Crippen molar-refractivity contribution in [3.63, 3.8) is 0 Å². The molecule has 4 heteroatoms. The third-order valence-electron chi connectivity index (χ3n) is 3.18. The van der Waals surface area contributed by atoms with Gasteiger partial charge in [-0.1, -0.05) is 6.07 Å². The Bertz CT molecular complexity index is 593. The smallest absolute Gasteiger partial charge is 0.125 e. The summed E-state index contributed by atoms with van der Waals surface area (Å²) in [5.41, 5.74) is 2.87. The quantitative estimate of drug-likeness (QED) is 0.892. The minimum Gasteiger partial charge on any atom is -0.394 e. The molecule has 2 aromatic rings. The summed E-state index contributed by atoms with van der Waals surface area (Å²) in [5.74, 6) is -0.707. The number of aliphatic hydroxyl groups excluding tert-OH is 1. The lowest BCUT2D eigenvalue weighted by molar-refractivity contribution is 0.275. The average molecular weight is 277 g/mol. The van der Waals surface area contributed by atoms with Crippen LogP contribution in [0.25, 0.3) is 0 Å². The number of hydrogen-bond acceptors (Lipinski definition) is 2. The van der Waals surface area contributed by atoms with E-state index in [1.165, 1.54) is 24.3 Å². The topological polar surface area (TPSA) is 32.3 Å². The van der Waals surface area contributed by atoms with E-state index in [0.717, 1.165) is 11.1 Å². The third kappa shape index (κ3) is 3.33. The van der Waals surface area contributed by atoms with Crippen LogP contribution in [0.1, 0.15) is 22.7 Å². The van der Waals surface area contributed by atoms with Crippen molar-refractivity contribution in [2.45, 2.75) is 19.9 Å². The Morgan fingerprint density at radius 2 is 1.80 bits per heavy atom. The minimum atomic E-state index is -0.480. The first kappa shape index (κ1) is 14.5. The van der Waals surface area contributed by atoms with Gasteiger partial charge in [-0.2, -0.15) is 0 Å². The van der Waals surface area contributed by atoms with Gasteiger partial charge in [-0.3, -0.25) is 0 Å². The average Bonchev–Trinajstić information content (AvgIpc) is 2.38. The van der Waals surface area contributed by atoms with Gasteiger partial charge in [0.25, 0.3) is 0 Å². The molecule has 0 heterocycles. The number of benzene rings is 2. The molecule has 0 spiro atoms. The second-order valence-corrected chi connectivity index (χ2v) is 4.90. The molecule has 0 radical (unpaired) electrons. The lowest BCUT2D eigenvalue weighted by Gasteiger charge is -2.20. The Morgan fingerprint density at radius 3 is 2.45 bits per heavy atom. The van der Waals surface area contributed by atoms with Crippen LogP contribution in [0.15, 0.2) is 36.4 Å². The number of halogens is 2. The molecule has 0 bridgehead atoms. The molecule has 1 unspecified atom stereocenters. The van der Waals surface area contributed by atoms with Crippen molar-refractivity contribution < 1.29 is 13.9 Å². The van der Waals surface area contributed by atoms with Gasteiger partial charge >= 0.3 is 0 Å². The van der Waals surface area contributed by atoms with Crippen molar-refractivity contribution in [2.75, 3.05) is 11.9 Å². The van der Waals surface area contributed by atoms with E-state index in [2.05, 4.69) is 5.32 Å². The van der Waals surface area contributed by atoms with Crippen molar-refractivity contribution in [3.05, 3.63) is 64.7 Å². The Hall–Kier alpha value is -1.94. The van der Waals surface area contributed by atoms with Gasteiger partial charge in [0.1, 0.15) is 11.6 Å². The maximum absolute atomic E-state index is 13.4. The first-order chi connectivity index (χ1) is 9.49. The summed E-state index contributed by atoms with van der Waals surface area (Å²) in [4.78, 5) is 0. The SMILES string of the molecule is Cc1cc(F)cc(NC(CO)c2cc(F)ccc2C)c1. The van der Waals surface area contributed by atoms with Crippen LogP contribution in [-0.2, 0) is 0 Å². The molecule has 0 aliphatic carbocycles. The zero-order valence-electron chi connectivity index (χ0n) is 11.5. The van der Waals surface area contributed by atoms with E-state index in [1.807, 2.05) is 6.92 Å². The van der Waals surface area contributed by atoms with Crippen molar-refractivity contribution in [1.29, 1.82) is 0 Å². The van der Waals surface area contributed by atoms with Crippen LogP contribution in [0.5, 0.6) is 0 Å². The van der Waals surface area contributed by atoms with Crippen molar-refractivity contribution in [1.82, 2.24) is 0 Å². The van der Waals surface area contributed by atoms with Crippen LogP contribution in [0.4, 0.5) is 14.5 Å². The largest absolute Gasteiger partial charge is 0.394 e. The predicted octanol–water partition coefficient (Wildman–Crippen LogP) is 3.73. The molecule has 2 aromatic carbocycles. The molecule has 0 fully saturated rings. The number of rotatable bonds is 4. The van der Waals surface area contributed by atoms with Gasteiger partial charge in [-0.05, 0) is 60.9 Å². The summed E-state index contributed by atoms with van der Waals surface area (Å²) in [6.45, 7) is 3.42. The minimum absolute atomic E-state index is 0.208. The lowest BCUT2D eigenvalue weighted by Crippen LogP contribution is -2.16. The number of aryl methyl sites for hydroxylation is 2. The molecule has 20 heavy (non-hydrogen) atoms. The number of nitrogens with one attached hydrogen (secondary N) is 1. The Morgan fingerprint density at radius 1 is 1.05 bits per heavy atom. The molecule has 0 aromatic heterocycles. The number of aliphatic hydroxyl groups is 1. The fourth-order valence-corrected chi connectivity index (χ4v) is 2.23. The summed E-state index contributed by atoms with van der Waals surface area (Å²) in [5, 5.41) is 12.6. The van der Waals surface area contributed by atoms with E-state index < -0.39 is 6.04 Å². The molecule has 0 saturated heterocycles. The zero-order valence-corrected chi connectivity index (χ0v) is 11.5. The first-order valence-electron chi connectivity index (χ1n) is 6.40. The standard InChI is InChI=1S/C16H17F2NO/c1-10-5-13(18)7-14(6-10)19-16(9-20)15-8-12(17)4-3-11(15)2/h3-8,16,19-20H,9H2,1-2H3. The molecular weight excluding hydrogens is 260 g/mol. The summed E-state index contributed by atoms with van der Waals surface area (Å²) in [6, 6.07) is 8.49. The van der Waals surface area contributed by atoms with Crippen LogP contribution in [-0.4, -0.2) is 11.7 Å². The molecule has 1 atom stereocenters. The second kappa shape index (κ2) is 6.01. The summed E-state index contributed by atoms with van der Waals surface area (Å²) in [6.07, 6.45) is 0. The van der Waals surface area contributed by atoms with Gasteiger partial charge < -0.3 is 10.4 Å². The number of hydrogen-bond donors (Lipinski definition) is 2. The van der Waals surface area contributed by atoms with E-state index in [4.69, 9.17) is 0 Å². The van der Waals surface area contributed by atoms with Gasteiger partial charge in [0.2, 0.25) is 0 Å². The summed E-state index contributed by atoms with van der Waals surface area (Å²) in [7, 11) is 0. The first-order valence-corrected chi connectivity index (χ1v) is 6.40. The van der Waals surface area contributed by atoms with E-state index in [1.54, 1.807) is 19.1 Å². The van der Waals surface area contributed by atoms with Crippen molar-refractivity contribution in [3.8, 4) is 0 Å². The summed E-state index contributed by atoms with van der Waals surface area (Å²) < 4.78 is 26.7. The number of anilines is 1. The third-order valence-corrected chi connectivity index (χ3v) is 3.18. The summed E-state index contributed by atoms with van der Waals surface area (Å²) >= 11 is 0. The fourth-order valence-electron chi connectivity index (χ4n) is 2.23. The molecule has 0 aliphatic rings. The zero-order chi connectivity index (χ0) is 14.7. The lowest BCUT2D eigenvalue weighted by atomic mass is 10.0. The van der Waals surface area contributed by atoms with Crippen LogP contribution in [0.3, 0.4) is 0 Å². The van der Waals surface area contributed by atoms with Crippen LogP contribution < -0.4 is 5.32 Å². The molecule has 0 amide bonds. The maximum Gasteiger partial charge on any atom is 0.125 e. The van der Waals surface area contributed by atoms with Gasteiger partial charge in [0.15, 0.2) is 0 Å². The van der Waals surface area contributed by atoms with Gasteiger partial charge in [-0.15, -0.1) is 0 Å². The van der Waals surface area contributed by atoms with E-state index in [9.17, 15) is 13.9 Å². The van der Waals surface area contributed by atoms with E-state index >= 15 is 0 Å². The molecule has 0 aliphatic heterocycles. The monoisotopic (exact) mass is 277 g/mol. The highest BCUT2D eigenvalue weighted by Gasteiger charge is 2.14. The molecule has 2 rings (SSSR count). The van der Waals surface area contributed by atoms with Crippen LogP contribution in [0.2, 0.25) is 0 Å². The second-order valence-electron chi connectivity index (χ2n) is 4.90. The van der Waals surface area contributed by atoms with E-state index in [-0.39, 0.29) is 18.2 Å². The molecular formula is C16H17F2NO. The Kier molecular flexibility index (Phi) is 4.35. The maximum atomic E-state index is 13.4. The Labute approximate surface area is 117 Å². The molecule has 106 valence electrons. The normalized spacial score (nSPS) is 12.2. The highest BCUT2D eigenvalue weighted by atomic mass is 19.1. The van der Waals surface area contributed by atoms with Gasteiger partial charge in [0.05, 0.1) is 12.6 Å². The van der Waals surface area contributed by atoms with Crippen molar-refractivity contribution in [2.24, 2.45) is 0 Å². The van der Waals surface area contributed by atoms with Crippen molar-refractivity contribution >= 4 is 5.69 Å². The fraction of sp³-hybridized carbons (Fsp3) is 0.250. The predicted molar refractivity (Wildman–Crippen MR) is 75.7 cm³/mol.